The van der Waals surface area contributed by atoms with E-state index in [0.29, 0.717) is 19.1 Å². The van der Waals surface area contributed by atoms with Crippen LogP contribution in [0.3, 0.4) is 0 Å². The molecular weight excluding hydrogens is 477 g/mol. The van der Waals surface area contributed by atoms with Gasteiger partial charge in [0.1, 0.15) is 12.4 Å². The first-order valence-electron chi connectivity index (χ1n) is 10.9. The van der Waals surface area contributed by atoms with Gasteiger partial charge in [0, 0.05) is 39.3 Å². The molecule has 1 saturated heterocycles. The molecule has 3 rings (SSSR count). The van der Waals surface area contributed by atoms with Gasteiger partial charge >= 0.3 is 0 Å². The molecule has 0 amide bonds. The molecule has 2 heterocycles. The molecule has 2 aliphatic rings. The molecule has 0 radical (unpaired) electrons. The molecule has 8 heteroatoms. The fourth-order valence-electron chi connectivity index (χ4n) is 4.25. The van der Waals surface area contributed by atoms with Gasteiger partial charge in [0.15, 0.2) is 11.8 Å². The molecular formula is C21H38IN7. The number of nitrogens with zero attached hydrogens (tertiary/aromatic N) is 5. The van der Waals surface area contributed by atoms with E-state index in [1.54, 1.807) is 0 Å². The molecule has 2 fully saturated rings. The predicted molar refractivity (Wildman–Crippen MR) is 130 cm³/mol. The second kappa shape index (κ2) is 12.5. The minimum Gasteiger partial charge on any atom is -0.354 e. The molecule has 1 aromatic rings. The topological polar surface area (TPSA) is 70.4 Å². The lowest BCUT2D eigenvalue weighted by Gasteiger charge is -2.36. The number of likely N-dealkylation sites (tertiary alicyclic amines) is 1. The van der Waals surface area contributed by atoms with Gasteiger partial charge in [-0.05, 0) is 38.5 Å². The van der Waals surface area contributed by atoms with Gasteiger partial charge in [-0.2, -0.15) is 0 Å². The Morgan fingerprint density at radius 1 is 1.17 bits per heavy atom. The van der Waals surface area contributed by atoms with Crippen LogP contribution < -0.4 is 10.6 Å². The van der Waals surface area contributed by atoms with E-state index in [4.69, 9.17) is 4.99 Å². The quantitative estimate of drug-likeness (QED) is 0.253. The van der Waals surface area contributed by atoms with Crippen LogP contribution in [-0.2, 0) is 13.6 Å². The summed E-state index contributed by atoms with van der Waals surface area (Å²) in [4.78, 5) is 7.39. The number of aliphatic imine (C=N–C) groups is 1. The fourth-order valence-corrected chi connectivity index (χ4v) is 4.25. The van der Waals surface area contributed by atoms with Crippen molar-refractivity contribution >= 4 is 29.9 Å². The van der Waals surface area contributed by atoms with E-state index in [1.807, 2.05) is 24.6 Å². The van der Waals surface area contributed by atoms with Crippen molar-refractivity contribution in [3.63, 3.8) is 0 Å². The Balaban J connectivity index is 0.00000300. The average molecular weight is 515 g/mol. The Labute approximate surface area is 192 Å². The number of nitrogens with one attached hydrogen (secondary N) is 2. The van der Waals surface area contributed by atoms with E-state index in [9.17, 15) is 0 Å². The molecule has 1 aliphatic carbocycles. The fraction of sp³-hybridized carbons (Fsp3) is 0.762. The molecule has 1 saturated carbocycles. The predicted octanol–water partition coefficient (Wildman–Crippen LogP) is 3.01. The van der Waals surface area contributed by atoms with Crippen LogP contribution >= 0.6 is 24.0 Å². The van der Waals surface area contributed by atoms with Crippen molar-refractivity contribution in [3.8, 4) is 0 Å². The van der Waals surface area contributed by atoms with Gasteiger partial charge < -0.3 is 20.1 Å². The maximum Gasteiger partial charge on any atom is 0.192 e. The zero-order valence-corrected chi connectivity index (χ0v) is 20.4. The van der Waals surface area contributed by atoms with E-state index in [-0.39, 0.29) is 24.0 Å². The van der Waals surface area contributed by atoms with Crippen molar-refractivity contribution in [1.82, 2.24) is 30.3 Å². The molecule has 7 nitrogen and oxygen atoms in total. The zero-order chi connectivity index (χ0) is 19.8. The van der Waals surface area contributed by atoms with Gasteiger partial charge in [0.05, 0.1) is 0 Å². The highest BCUT2D eigenvalue weighted by atomic mass is 127. The normalized spacial score (nSPS) is 19.6. The number of hydrogen-bond acceptors (Lipinski definition) is 4. The largest absolute Gasteiger partial charge is 0.354 e. The number of aryl methyl sites for hydroxylation is 1. The molecule has 1 aromatic heterocycles. The van der Waals surface area contributed by atoms with Crippen LogP contribution in [0.5, 0.6) is 0 Å². The number of aromatic nitrogens is 3. The van der Waals surface area contributed by atoms with Gasteiger partial charge in [0.2, 0.25) is 0 Å². The minimum absolute atomic E-state index is 0. The Kier molecular flexibility index (Phi) is 10.4. The average Bonchev–Trinajstić information content (AvgIpc) is 3.04. The molecule has 0 bridgehead atoms. The van der Waals surface area contributed by atoms with E-state index in [0.717, 1.165) is 23.5 Å². The molecule has 0 aromatic carbocycles. The molecule has 1 aliphatic heterocycles. The third-order valence-corrected chi connectivity index (χ3v) is 6.14. The van der Waals surface area contributed by atoms with Crippen LogP contribution in [0.15, 0.2) is 17.6 Å². The zero-order valence-electron chi connectivity index (χ0n) is 18.1. The van der Waals surface area contributed by atoms with Gasteiger partial charge in [-0.1, -0.05) is 25.3 Å². The summed E-state index contributed by atoms with van der Waals surface area (Å²) in [5.41, 5.74) is 0. The van der Waals surface area contributed by atoms with Crippen LogP contribution in [0.1, 0.15) is 56.6 Å². The highest BCUT2D eigenvalue weighted by Gasteiger charge is 2.23. The monoisotopic (exact) mass is 515 g/mol. The highest BCUT2D eigenvalue weighted by Crippen LogP contribution is 2.25. The van der Waals surface area contributed by atoms with Crippen LogP contribution in [-0.4, -0.2) is 57.8 Å². The summed E-state index contributed by atoms with van der Waals surface area (Å²) in [7, 11) is 1.98. The van der Waals surface area contributed by atoms with Crippen molar-refractivity contribution in [2.45, 2.75) is 64.5 Å². The second-order valence-electron chi connectivity index (χ2n) is 8.28. The second-order valence-corrected chi connectivity index (χ2v) is 8.28. The van der Waals surface area contributed by atoms with Crippen molar-refractivity contribution in [3.05, 3.63) is 24.3 Å². The summed E-state index contributed by atoms with van der Waals surface area (Å²) in [5, 5.41) is 15.3. The van der Waals surface area contributed by atoms with Gasteiger partial charge in [-0.15, -0.1) is 40.8 Å². The lowest BCUT2D eigenvalue weighted by Crippen LogP contribution is -2.49. The van der Waals surface area contributed by atoms with Crippen molar-refractivity contribution < 1.29 is 0 Å². The Morgan fingerprint density at radius 2 is 1.90 bits per heavy atom. The number of halogens is 1. The van der Waals surface area contributed by atoms with Crippen molar-refractivity contribution in [2.24, 2.45) is 18.0 Å². The van der Waals surface area contributed by atoms with Crippen LogP contribution in [0, 0.1) is 12.8 Å². The first kappa shape index (κ1) is 24.1. The van der Waals surface area contributed by atoms with Crippen molar-refractivity contribution in [1.29, 1.82) is 0 Å². The lowest BCUT2D eigenvalue weighted by molar-refractivity contribution is 0.160. The summed E-state index contributed by atoms with van der Waals surface area (Å²) in [6, 6.07) is 0.472. The Bertz CT molecular complexity index is 643. The maximum absolute atomic E-state index is 4.72. The van der Waals surface area contributed by atoms with E-state index in [1.165, 1.54) is 64.6 Å². The number of guanidine groups is 1. The van der Waals surface area contributed by atoms with Crippen molar-refractivity contribution in [2.75, 3.05) is 26.2 Å². The van der Waals surface area contributed by atoms with E-state index < -0.39 is 0 Å². The molecule has 0 unspecified atom stereocenters. The molecule has 29 heavy (non-hydrogen) atoms. The Morgan fingerprint density at radius 3 is 2.52 bits per heavy atom. The summed E-state index contributed by atoms with van der Waals surface area (Å²) < 4.78 is 1.98. The first-order valence-corrected chi connectivity index (χ1v) is 10.9. The van der Waals surface area contributed by atoms with Gasteiger partial charge in [0.25, 0.3) is 0 Å². The van der Waals surface area contributed by atoms with Gasteiger partial charge in [-0.3, -0.25) is 0 Å². The SMILES string of the molecule is C=CCNC(=NCc1nnc(C)n1C)NC1CCN(CC2CCCCC2)CC1.I. The maximum atomic E-state index is 4.72. The number of hydrogen-bond donors (Lipinski definition) is 2. The summed E-state index contributed by atoms with van der Waals surface area (Å²) in [6.45, 7) is 10.6. The molecule has 2 N–H and O–H groups in total. The summed E-state index contributed by atoms with van der Waals surface area (Å²) in [6.07, 6.45) is 11.4. The third kappa shape index (κ3) is 7.55. The van der Waals surface area contributed by atoms with Gasteiger partial charge in [-0.25, -0.2) is 4.99 Å². The van der Waals surface area contributed by atoms with Crippen LogP contribution in [0.4, 0.5) is 0 Å². The summed E-state index contributed by atoms with van der Waals surface area (Å²) in [5.74, 6) is 3.55. The first-order chi connectivity index (χ1) is 13.7. The van der Waals surface area contributed by atoms with Crippen LogP contribution in [0.25, 0.3) is 0 Å². The lowest BCUT2D eigenvalue weighted by atomic mass is 9.88. The van der Waals surface area contributed by atoms with E-state index >= 15 is 0 Å². The third-order valence-electron chi connectivity index (χ3n) is 6.14. The highest BCUT2D eigenvalue weighted by molar-refractivity contribution is 14.0. The molecule has 0 spiro atoms. The standard InChI is InChI=1S/C21H37N7.HI/c1-4-12-22-21(23-15-20-26-25-17(2)27(20)3)24-19-10-13-28(14-11-19)16-18-8-6-5-7-9-18;/h4,18-19H,1,5-16H2,2-3H3,(H2,22,23,24);1H. The van der Waals surface area contributed by atoms with Crippen LogP contribution in [0.2, 0.25) is 0 Å². The van der Waals surface area contributed by atoms with E-state index in [2.05, 4.69) is 32.3 Å². The minimum atomic E-state index is 0. The number of rotatable bonds is 7. The Hall–Kier alpha value is -1.16. The smallest absolute Gasteiger partial charge is 0.192 e. The summed E-state index contributed by atoms with van der Waals surface area (Å²) >= 11 is 0. The molecule has 0 atom stereocenters. The molecule has 164 valence electrons. The number of piperidine rings is 1.